The summed E-state index contributed by atoms with van der Waals surface area (Å²) >= 11 is 0. The van der Waals surface area contributed by atoms with Gasteiger partial charge in [-0.3, -0.25) is 4.79 Å². The van der Waals surface area contributed by atoms with Crippen molar-refractivity contribution in [3.8, 4) is 22.6 Å². The minimum absolute atomic E-state index is 0.00699. The van der Waals surface area contributed by atoms with Crippen molar-refractivity contribution < 1.29 is 45.7 Å². The molecule has 0 aliphatic carbocycles. The first-order valence-corrected chi connectivity index (χ1v) is 12.2. The summed E-state index contributed by atoms with van der Waals surface area (Å²) in [6.45, 7) is -0.460. The van der Waals surface area contributed by atoms with Gasteiger partial charge in [-0.05, 0) is 32.4 Å². The number of aromatic nitrogens is 4. The highest BCUT2D eigenvalue weighted by Gasteiger charge is 2.44. The number of ether oxygens (including phenoxy) is 2. The van der Waals surface area contributed by atoms with Crippen LogP contribution < -0.4 is 14.8 Å². The van der Waals surface area contributed by atoms with E-state index in [1.165, 1.54) is 36.6 Å². The number of hydrogen-bond donors (Lipinski definition) is 2. The zero-order valence-electron chi connectivity index (χ0n) is 21.1. The molecule has 1 amide bonds. The fraction of sp³-hybridized carbons (Fsp3) is 0.308. The van der Waals surface area contributed by atoms with E-state index < -0.39 is 53.7 Å². The molecule has 0 spiro atoms. The van der Waals surface area contributed by atoms with Gasteiger partial charge in [0, 0.05) is 35.2 Å². The highest BCUT2D eigenvalue weighted by atomic mass is 19.4. The van der Waals surface area contributed by atoms with E-state index in [2.05, 4.69) is 29.7 Å². The average Bonchev–Trinajstić information content (AvgIpc) is 3.34. The lowest BCUT2D eigenvalue weighted by Gasteiger charge is -2.23. The Labute approximate surface area is 226 Å². The van der Waals surface area contributed by atoms with Gasteiger partial charge >= 0.3 is 13.0 Å². The SMILES string of the molecule is CC(C)(O)c1ncc(-c2c(F)cc3nc4n(c3c2OC(F)(F)F)[C@@H]2C[C@H]4NC(=O)c3cccc(OC(F)F)c32)cn1. The van der Waals surface area contributed by atoms with Gasteiger partial charge < -0.3 is 24.5 Å². The summed E-state index contributed by atoms with van der Waals surface area (Å²) in [5.74, 6) is -3.04. The molecule has 2 aromatic heterocycles. The van der Waals surface area contributed by atoms with Crippen LogP contribution >= 0.6 is 0 Å². The predicted octanol–water partition coefficient (Wildman–Crippen LogP) is 5.14. The summed E-state index contributed by atoms with van der Waals surface area (Å²) in [5, 5.41) is 12.9. The van der Waals surface area contributed by atoms with Crippen LogP contribution in [0.5, 0.6) is 11.5 Å². The molecular weight excluding hydrogens is 560 g/mol. The molecule has 41 heavy (non-hydrogen) atoms. The van der Waals surface area contributed by atoms with Gasteiger partial charge in [0.15, 0.2) is 11.6 Å². The maximum Gasteiger partial charge on any atom is 0.573 e. The van der Waals surface area contributed by atoms with Crippen molar-refractivity contribution in [2.75, 3.05) is 0 Å². The zero-order valence-corrected chi connectivity index (χ0v) is 21.1. The maximum absolute atomic E-state index is 15.5. The second-order valence-corrected chi connectivity index (χ2v) is 10.0. The van der Waals surface area contributed by atoms with Gasteiger partial charge in [-0.25, -0.2) is 19.3 Å². The van der Waals surface area contributed by atoms with Gasteiger partial charge in [0.25, 0.3) is 5.91 Å². The van der Waals surface area contributed by atoms with Crippen LogP contribution in [0.4, 0.5) is 26.3 Å². The van der Waals surface area contributed by atoms with Crippen molar-refractivity contribution in [1.29, 1.82) is 0 Å². The first kappa shape index (κ1) is 26.8. The van der Waals surface area contributed by atoms with E-state index in [1.54, 1.807) is 0 Å². The van der Waals surface area contributed by atoms with Crippen molar-refractivity contribution >= 4 is 16.9 Å². The second-order valence-electron chi connectivity index (χ2n) is 10.0. The van der Waals surface area contributed by atoms with Crippen molar-refractivity contribution in [3.05, 3.63) is 65.3 Å². The summed E-state index contributed by atoms with van der Waals surface area (Å²) in [4.78, 5) is 25.2. The van der Waals surface area contributed by atoms with Gasteiger partial charge in [0.1, 0.15) is 28.5 Å². The molecule has 2 aliphatic rings. The third-order valence-corrected chi connectivity index (χ3v) is 6.86. The summed E-state index contributed by atoms with van der Waals surface area (Å²) in [6, 6.07) is 2.99. The first-order valence-electron chi connectivity index (χ1n) is 12.2. The highest BCUT2D eigenvalue weighted by Crippen LogP contribution is 2.51. The molecule has 2 atom stereocenters. The van der Waals surface area contributed by atoms with E-state index in [-0.39, 0.29) is 51.5 Å². The molecule has 4 heterocycles. The number of rotatable bonds is 5. The minimum Gasteiger partial charge on any atom is -0.434 e. The number of carbonyl (C=O) groups excluding carboxylic acids is 1. The van der Waals surface area contributed by atoms with Crippen molar-refractivity contribution in [2.24, 2.45) is 0 Å². The van der Waals surface area contributed by atoms with E-state index in [0.29, 0.717) is 0 Å². The summed E-state index contributed by atoms with van der Waals surface area (Å²) in [7, 11) is 0. The first-order chi connectivity index (χ1) is 19.2. The summed E-state index contributed by atoms with van der Waals surface area (Å²) in [6.07, 6.45) is -3.15. The molecule has 9 nitrogen and oxygen atoms in total. The molecule has 0 saturated carbocycles. The number of aliphatic hydroxyl groups is 1. The fourth-order valence-corrected chi connectivity index (χ4v) is 5.36. The lowest BCUT2D eigenvalue weighted by atomic mass is 9.97. The molecular formula is C26H19F6N5O4. The van der Waals surface area contributed by atoms with E-state index >= 15 is 4.39 Å². The number of fused-ring (bicyclic) bond motifs is 9. The Balaban J connectivity index is 1.64. The van der Waals surface area contributed by atoms with Gasteiger partial charge in [-0.15, -0.1) is 13.2 Å². The van der Waals surface area contributed by atoms with Crippen LogP contribution in [0.25, 0.3) is 22.2 Å². The van der Waals surface area contributed by atoms with E-state index in [9.17, 15) is 31.9 Å². The van der Waals surface area contributed by atoms with Crippen LogP contribution in [0.15, 0.2) is 36.7 Å². The number of nitrogens with zero attached hydrogens (tertiary/aromatic N) is 4. The lowest BCUT2D eigenvalue weighted by Crippen LogP contribution is -2.28. The molecule has 0 radical (unpaired) electrons. The smallest absolute Gasteiger partial charge is 0.434 e. The van der Waals surface area contributed by atoms with Crippen LogP contribution in [0.2, 0.25) is 0 Å². The number of carbonyl (C=O) groups is 1. The van der Waals surface area contributed by atoms with Crippen LogP contribution in [0.3, 0.4) is 0 Å². The normalized spacial score (nSPS) is 18.2. The number of hydrogen-bond acceptors (Lipinski definition) is 7. The molecule has 0 unspecified atom stereocenters. The second kappa shape index (κ2) is 9.06. The topological polar surface area (TPSA) is 111 Å². The standard InChI is InChI=1S/C26H19F6N5O4/c1-25(2,39)23-33-8-10(9-34-23)17-12(27)6-13-19(20(17)41-26(30,31)32)37-15-7-14(21(37)35-13)36-22(38)11-4-3-5-16(18(11)15)40-24(28)29/h3-6,8-9,14-15,24,39H,7H2,1-2H3,(H,36,38)/t14-,15-/m1/s1. The molecule has 2 N–H and O–H groups in total. The van der Waals surface area contributed by atoms with Crippen LogP contribution in [0, 0.1) is 5.82 Å². The lowest BCUT2D eigenvalue weighted by molar-refractivity contribution is -0.274. The zero-order chi connectivity index (χ0) is 29.4. The van der Waals surface area contributed by atoms with Gasteiger partial charge in [-0.1, -0.05) is 6.07 Å². The van der Waals surface area contributed by atoms with Crippen LogP contribution in [0.1, 0.15) is 59.9 Å². The Morgan fingerprint density at radius 1 is 1.17 bits per heavy atom. The summed E-state index contributed by atoms with van der Waals surface area (Å²) < 4.78 is 94.0. The third kappa shape index (κ3) is 4.49. The van der Waals surface area contributed by atoms with Crippen molar-refractivity contribution in [2.45, 2.75) is 50.9 Å². The average molecular weight is 579 g/mol. The van der Waals surface area contributed by atoms with Gasteiger partial charge in [-0.2, -0.15) is 8.78 Å². The molecule has 6 rings (SSSR count). The molecule has 2 bridgehead atoms. The van der Waals surface area contributed by atoms with Gasteiger partial charge in [0.05, 0.1) is 23.2 Å². The van der Waals surface area contributed by atoms with Crippen molar-refractivity contribution in [1.82, 2.24) is 24.8 Å². The predicted molar refractivity (Wildman–Crippen MR) is 129 cm³/mol. The number of amides is 1. The molecule has 0 saturated heterocycles. The number of halogens is 6. The summed E-state index contributed by atoms with van der Waals surface area (Å²) in [5.41, 5.74) is -2.84. The Kier molecular flexibility index (Phi) is 5.92. The van der Waals surface area contributed by atoms with E-state index in [4.69, 9.17) is 0 Å². The number of imidazole rings is 1. The Hall–Kier alpha value is -4.40. The van der Waals surface area contributed by atoms with Crippen molar-refractivity contribution in [3.63, 3.8) is 0 Å². The van der Waals surface area contributed by atoms with E-state index in [0.717, 1.165) is 18.5 Å². The Morgan fingerprint density at radius 3 is 2.51 bits per heavy atom. The molecule has 2 aliphatic heterocycles. The van der Waals surface area contributed by atoms with E-state index in [1.807, 2.05) is 0 Å². The number of alkyl halides is 5. The van der Waals surface area contributed by atoms with Crippen LogP contribution in [-0.4, -0.2) is 43.5 Å². The molecule has 15 heteroatoms. The van der Waals surface area contributed by atoms with Crippen LogP contribution in [-0.2, 0) is 5.60 Å². The number of benzene rings is 2. The largest absolute Gasteiger partial charge is 0.573 e. The minimum atomic E-state index is -5.28. The quantitative estimate of drug-likeness (QED) is 0.315. The monoisotopic (exact) mass is 579 g/mol. The fourth-order valence-electron chi connectivity index (χ4n) is 5.36. The van der Waals surface area contributed by atoms with Gasteiger partial charge in [0.2, 0.25) is 0 Å². The third-order valence-electron chi connectivity index (χ3n) is 6.86. The number of nitrogens with one attached hydrogen (secondary N) is 1. The molecule has 2 aromatic carbocycles. The Morgan fingerprint density at radius 2 is 1.88 bits per heavy atom. The molecule has 214 valence electrons. The molecule has 4 aromatic rings. The highest BCUT2D eigenvalue weighted by molar-refractivity contribution is 5.98. The molecule has 0 fully saturated rings. The Bertz CT molecular complexity index is 1700. The maximum atomic E-state index is 15.5.